The minimum absolute atomic E-state index is 0.108. The van der Waals surface area contributed by atoms with Gasteiger partial charge < -0.3 is 14.7 Å². The van der Waals surface area contributed by atoms with Crippen molar-refractivity contribution in [3.63, 3.8) is 0 Å². The standard InChI is InChI=1S/C21H31N3O2/c1-4-20(25)24-11-6-5-9-19(24)21(26)23-14-12-22(13-15-23)18-10-7-8-16(2)17(18)3/h7-8,10,19H,4-6,9,11-15H2,1-3H3/t19-/m1/s1. The molecule has 2 saturated heterocycles. The van der Waals surface area contributed by atoms with Gasteiger partial charge in [-0.3, -0.25) is 9.59 Å². The van der Waals surface area contributed by atoms with E-state index in [0.717, 1.165) is 52.0 Å². The third-order valence-corrected chi connectivity index (χ3v) is 5.92. The highest BCUT2D eigenvalue weighted by molar-refractivity contribution is 5.88. The van der Waals surface area contributed by atoms with Crippen molar-refractivity contribution in [2.24, 2.45) is 0 Å². The van der Waals surface area contributed by atoms with Crippen LogP contribution in [0.3, 0.4) is 0 Å². The number of carbonyl (C=O) groups excluding carboxylic acids is 2. The van der Waals surface area contributed by atoms with Gasteiger partial charge in [0, 0.05) is 44.8 Å². The van der Waals surface area contributed by atoms with Gasteiger partial charge in [-0.05, 0) is 50.3 Å². The zero-order chi connectivity index (χ0) is 18.7. The van der Waals surface area contributed by atoms with E-state index in [9.17, 15) is 9.59 Å². The van der Waals surface area contributed by atoms with Crippen molar-refractivity contribution in [3.8, 4) is 0 Å². The number of benzene rings is 1. The van der Waals surface area contributed by atoms with E-state index in [-0.39, 0.29) is 17.9 Å². The Bertz CT molecular complexity index is 665. The molecule has 26 heavy (non-hydrogen) atoms. The first-order chi connectivity index (χ1) is 12.5. The van der Waals surface area contributed by atoms with Crippen LogP contribution in [-0.4, -0.2) is 60.4 Å². The van der Waals surface area contributed by atoms with Gasteiger partial charge in [-0.2, -0.15) is 0 Å². The van der Waals surface area contributed by atoms with E-state index in [1.807, 2.05) is 16.7 Å². The van der Waals surface area contributed by atoms with Gasteiger partial charge in [-0.15, -0.1) is 0 Å². The molecule has 0 saturated carbocycles. The lowest BCUT2D eigenvalue weighted by molar-refractivity contribution is -0.147. The molecule has 0 aromatic heterocycles. The summed E-state index contributed by atoms with van der Waals surface area (Å²) < 4.78 is 0. The summed E-state index contributed by atoms with van der Waals surface area (Å²) in [7, 11) is 0. The minimum atomic E-state index is -0.247. The molecule has 142 valence electrons. The van der Waals surface area contributed by atoms with Crippen LogP contribution in [0.2, 0.25) is 0 Å². The summed E-state index contributed by atoms with van der Waals surface area (Å²) in [5, 5.41) is 0. The van der Waals surface area contributed by atoms with Crippen molar-refractivity contribution in [1.82, 2.24) is 9.80 Å². The minimum Gasteiger partial charge on any atom is -0.368 e. The second kappa shape index (κ2) is 8.11. The summed E-state index contributed by atoms with van der Waals surface area (Å²) >= 11 is 0. The summed E-state index contributed by atoms with van der Waals surface area (Å²) in [4.78, 5) is 31.4. The van der Waals surface area contributed by atoms with Crippen molar-refractivity contribution < 1.29 is 9.59 Å². The molecule has 0 unspecified atom stereocenters. The predicted molar refractivity (Wildman–Crippen MR) is 104 cm³/mol. The van der Waals surface area contributed by atoms with Crippen molar-refractivity contribution in [1.29, 1.82) is 0 Å². The molecule has 2 aliphatic rings. The molecule has 0 N–H and O–H groups in total. The van der Waals surface area contributed by atoms with Gasteiger partial charge >= 0.3 is 0 Å². The van der Waals surface area contributed by atoms with Crippen LogP contribution >= 0.6 is 0 Å². The van der Waals surface area contributed by atoms with Gasteiger partial charge in [-0.25, -0.2) is 0 Å². The van der Waals surface area contributed by atoms with Gasteiger partial charge in [0.05, 0.1) is 0 Å². The van der Waals surface area contributed by atoms with Gasteiger partial charge in [-0.1, -0.05) is 19.1 Å². The van der Waals surface area contributed by atoms with Crippen molar-refractivity contribution in [2.75, 3.05) is 37.6 Å². The number of nitrogens with zero attached hydrogens (tertiary/aromatic N) is 3. The van der Waals surface area contributed by atoms with Crippen LogP contribution in [0, 0.1) is 13.8 Å². The Morgan fingerprint density at radius 1 is 1.04 bits per heavy atom. The normalized spacial score (nSPS) is 21.0. The second-order valence-corrected chi connectivity index (χ2v) is 7.48. The number of piperazine rings is 1. The average molecular weight is 357 g/mol. The molecule has 2 fully saturated rings. The molecule has 2 amide bonds. The van der Waals surface area contributed by atoms with E-state index in [0.29, 0.717) is 6.42 Å². The Balaban J connectivity index is 1.64. The number of piperidine rings is 1. The van der Waals surface area contributed by atoms with Crippen LogP contribution in [0.5, 0.6) is 0 Å². The molecule has 5 nitrogen and oxygen atoms in total. The van der Waals surface area contributed by atoms with Crippen molar-refractivity contribution in [2.45, 2.75) is 52.5 Å². The highest BCUT2D eigenvalue weighted by Gasteiger charge is 2.35. The Kier molecular flexibility index (Phi) is 5.84. The maximum atomic E-state index is 13.1. The first-order valence-corrected chi connectivity index (χ1v) is 9.92. The maximum absolute atomic E-state index is 13.1. The molecule has 0 spiro atoms. The number of hydrogen-bond acceptors (Lipinski definition) is 3. The number of anilines is 1. The Morgan fingerprint density at radius 3 is 2.46 bits per heavy atom. The quantitative estimate of drug-likeness (QED) is 0.835. The fraction of sp³-hybridized carbons (Fsp3) is 0.619. The fourth-order valence-corrected chi connectivity index (χ4v) is 4.15. The van der Waals surface area contributed by atoms with Crippen LogP contribution in [0.15, 0.2) is 18.2 Å². The third-order valence-electron chi connectivity index (χ3n) is 5.92. The monoisotopic (exact) mass is 357 g/mol. The van der Waals surface area contributed by atoms with E-state index < -0.39 is 0 Å². The van der Waals surface area contributed by atoms with Gasteiger partial charge in [0.25, 0.3) is 0 Å². The first-order valence-electron chi connectivity index (χ1n) is 9.92. The highest BCUT2D eigenvalue weighted by Crippen LogP contribution is 2.25. The van der Waals surface area contributed by atoms with Crippen LogP contribution < -0.4 is 4.90 Å². The smallest absolute Gasteiger partial charge is 0.245 e. The lowest BCUT2D eigenvalue weighted by atomic mass is 10.00. The number of aryl methyl sites for hydroxylation is 1. The molecule has 3 rings (SSSR count). The van der Waals surface area contributed by atoms with E-state index in [1.54, 1.807) is 0 Å². The molecule has 0 aliphatic carbocycles. The molecular formula is C21H31N3O2. The number of hydrogen-bond donors (Lipinski definition) is 0. The van der Waals surface area contributed by atoms with Gasteiger partial charge in [0.15, 0.2) is 0 Å². The Hall–Kier alpha value is -2.04. The number of likely N-dealkylation sites (tertiary alicyclic amines) is 1. The fourth-order valence-electron chi connectivity index (χ4n) is 4.15. The zero-order valence-corrected chi connectivity index (χ0v) is 16.3. The maximum Gasteiger partial charge on any atom is 0.245 e. The summed E-state index contributed by atoms with van der Waals surface area (Å²) in [5.74, 6) is 0.254. The third kappa shape index (κ3) is 3.71. The van der Waals surface area contributed by atoms with Crippen LogP contribution in [0.25, 0.3) is 0 Å². The van der Waals surface area contributed by atoms with Crippen molar-refractivity contribution >= 4 is 17.5 Å². The second-order valence-electron chi connectivity index (χ2n) is 7.48. The van der Waals surface area contributed by atoms with Crippen molar-refractivity contribution in [3.05, 3.63) is 29.3 Å². The largest absolute Gasteiger partial charge is 0.368 e. The molecule has 1 aromatic rings. The number of carbonyl (C=O) groups is 2. The molecule has 1 atom stereocenters. The lowest BCUT2D eigenvalue weighted by Crippen LogP contribution is -2.57. The molecule has 2 aliphatic heterocycles. The summed E-state index contributed by atoms with van der Waals surface area (Å²) in [6.45, 7) is 10.1. The van der Waals surface area contributed by atoms with E-state index in [2.05, 4.69) is 36.9 Å². The molecule has 0 radical (unpaired) electrons. The highest BCUT2D eigenvalue weighted by atomic mass is 16.2. The lowest BCUT2D eigenvalue weighted by Gasteiger charge is -2.41. The zero-order valence-electron chi connectivity index (χ0n) is 16.3. The van der Waals surface area contributed by atoms with E-state index in [4.69, 9.17) is 0 Å². The number of rotatable bonds is 3. The topological polar surface area (TPSA) is 43.9 Å². The van der Waals surface area contributed by atoms with Crippen LogP contribution in [0.4, 0.5) is 5.69 Å². The molecular weight excluding hydrogens is 326 g/mol. The molecule has 0 bridgehead atoms. The number of amides is 2. The Morgan fingerprint density at radius 2 is 1.77 bits per heavy atom. The van der Waals surface area contributed by atoms with E-state index in [1.165, 1.54) is 16.8 Å². The van der Waals surface area contributed by atoms with Gasteiger partial charge in [0.1, 0.15) is 6.04 Å². The first kappa shape index (κ1) is 18.7. The molecule has 2 heterocycles. The summed E-state index contributed by atoms with van der Waals surface area (Å²) in [5.41, 5.74) is 3.90. The average Bonchev–Trinajstić information content (AvgIpc) is 2.69. The summed E-state index contributed by atoms with van der Waals surface area (Å²) in [6, 6.07) is 6.16. The van der Waals surface area contributed by atoms with E-state index >= 15 is 0 Å². The SMILES string of the molecule is CCC(=O)N1CCCC[C@@H]1C(=O)N1CCN(c2cccc(C)c2C)CC1. The van der Waals surface area contributed by atoms with Crippen LogP contribution in [0.1, 0.15) is 43.7 Å². The predicted octanol–water partition coefficient (Wildman–Crippen LogP) is 2.74. The molecule has 5 heteroatoms. The van der Waals surface area contributed by atoms with Crippen LogP contribution in [-0.2, 0) is 9.59 Å². The summed E-state index contributed by atoms with van der Waals surface area (Å²) in [6.07, 6.45) is 3.33. The van der Waals surface area contributed by atoms with Gasteiger partial charge in [0.2, 0.25) is 11.8 Å². The Labute approximate surface area is 156 Å². The molecule has 1 aromatic carbocycles.